The molecule has 1 saturated heterocycles. The monoisotopic (exact) mass is 325 g/mol. The molecule has 1 unspecified atom stereocenters. The Bertz CT molecular complexity index is 554. The molecule has 0 radical (unpaired) electrons. The fourth-order valence-corrected chi connectivity index (χ4v) is 3.96. The number of nitrogens with zero attached hydrogens (tertiary/aromatic N) is 3. The van der Waals surface area contributed by atoms with E-state index in [1.54, 1.807) is 0 Å². The van der Waals surface area contributed by atoms with Gasteiger partial charge in [-0.3, -0.25) is 0 Å². The first-order valence-electron chi connectivity index (χ1n) is 6.17. The van der Waals surface area contributed by atoms with Gasteiger partial charge in [0.2, 0.25) is 0 Å². The normalized spacial score (nSPS) is 20.6. The van der Waals surface area contributed by atoms with Crippen LogP contribution in [0.1, 0.15) is 12.6 Å². The lowest BCUT2D eigenvalue weighted by Gasteiger charge is -2.33. The molecule has 1 aliphatic heterocycles. The number of hydrogen-bond acceptors (Lipinski definition) is 3. The van der Waals surface area contributed by atoms with Crippen molar-refractivity contribution in [1.82, 2.24) is 9.38 Å². The topological polar surface area (TPSA) is 20.5 Å². The Morgan fingerprint density at radius 3 is 3.17 bits per heavy atom. The number of alkyl halides is 1. The highest BCUT2D eigenvalue weighted by Crippen LogP contribution is 2.28. The van der Waals surface area contributed by atoms with Crippen LogP contribution in [0.15, 0.2) is 24.4 Å². The van der Waals surface area contributed by atoms with Crippen molar-refractivity contribution in [1.29, 1.82) is 0 Å². The van der Waals surface area contributed by atoms with E-state index in [-0.39, 0.29) is 0 Å². The molecule has 0 saturated carbocycles. The number of imidazole rings is 1. The molecular weight excluding hydrogens is 310 g/mol. The third-order valence-electron chi connectivity index (χ3n) is 3.37. The van der Waals surface area contributed by atoms with Crippen molar-refractivity contribution in [2.24, 2.45) is 0 Å². The Morgan fingerprint density at radius 1 is 1.50 bits per heavy atom. The van der Waals surface area contributed by atoms with Crippen LogP contribution in [0.5, 0.6) is 0 Å². The standard InChI is InChI=1S/C13H16BrN3S/c1-10-9-18-7-6-16(10)13-11(8-14)17-5-3-2-4-12(17)15-13/h2-5,10H,6-9H2,1H3. The molecule has 2 aromatic rings. The molecular formula is C13H16BrN3S. The number of anilines is 1. The van der Waals surface area contributed by atoms with Gasteiger partial charge in [-0.05, 0) is 19.1 Å². The van der Waals surface area contributed by atoms with Gasteiger partial charge in [-0.25, -0.2) is 4.98 Å². The molecule has 0 aliphatic carbocycles. The van der Waals surface area contributed by atoms with Crippen LogP contribution >= 0.6 is 27.7 Å². The number of fused-ring (bicyclic) bond motifs is 1. The van der Waals surface area contributed by atoms with E-state index in [1.165, 1.54) is 17.2 Å². The third kappa shape index (κ3) is 2.03. The van der Waals surface area contributed by atoms with E-state index in [0.29, 0.717) is 6.04 Å². The van der Waals surface area contributed by atoms with Gasteiger partial charge >= 0.3 is 0 Å². The van der Waals surface area contributed by atoms with Crippen LogP contribution in [0.25, 0.3) is 5.65 Å². The Hall–Kier alpha value is -0.680. The summed E-state index contributed by atoms with van der Waals surface area (Å²) < 4.78 is 2.18. The number of halogens is 1. The Morgan fingerprint density at radius 2 is 2.39 bits per heavy atom. The van der Waals surface area contributed by atoms with Crippen molar-refractivity contribution in [3.05, 3.63) is 30.1 Å². The van der Waals surface area contributed by atoms with E-state index in [0.717, 1.165) is 23.3 Å². The van der Waals surface area contributed by atoms with Gasteiger partial charge in [0, 0.05) is 35.6 Å². The molecule has 18 heavy (non-hydrogen) atoms. The predicted molar refractivity (Wildman–Crippen MR) is 82.0 cm³/mol. The molecule has 3 nitrogen and oxygen atoms in total. The van der Waals surface area contributed by atoms with Crippen LogP contribution in [0.2, 0.25) is 0 Å². The molecule has 1 fully saturated rings. The van der Waals surface area contributed by atoms with Crippen molar-refractivity contribution in [3.8, 4) is 0 Å². The van der Waals surface area contributed by atoms with Crippen molar-refractivity contribution in [2.45, 2.75) is 18.3 Å². The highest BCUT2D eigenvalue weighted by atomic mass is 79.9. The van der Waals surface area contributed by atoms with Gasteiger partial charge in [-0.2, -0.15) is 11.8 Å². The van der Waals surface area contributed by atoms with Gasteiger partial charge in [0.05, 0.1) is 5.69 Å². The quantitative estimate of drug-likeness (QED) is 0.791. The van der Waals surface area contributed by atoms with Crippen molar-refractivity contribution < 1.29 is 0 Å². The van der Waals surface area contributed by atoms with Gasteiger partial charge in [0.15, 0.2) is 5.82 Å². The lowest BCUT2D eigenvalue weighted by atomic mass is 10.3. The van der Waals surface area contributed by atoms with E-state index in [1.807, 2.05) is 17.8 Å². The maximum Gasteiger partial charge on any atom is 0.152 e. The van der Waals surface area contributed by atoms with Gasteiger partial charge in [0.25, 0.3) is 0 Å². The van der Waals surface area contributed by atoms with Gasteiger partial charge in [-0.15, -0.1) is 0 Å². The second-order valence-electron chi connectivity index (χ2n) is 4.56. The van der Waals surface area contributed by atoms with Crippen LogP contribution in [0.3, 0.4) is 0 Å². The van der Waals surface area contributed by atoms with Crippen molar-refractivity contribution in [3.63, 3.8) is 0 Å². The summed E-state index contributed by atoms with van der Waals surface area (Å²) in [4.78, 5) is 7.25. The largest absolute Gasteiger partial charge is 0.351 e. The minimum atomic E-state index is 0.562. The van der Waals surface area contributed by atoms with Crippen LogP contribution in [0, 0.1) is 0 Å². The zero-order valence-corrected chi connectivity index (χ0v) is 12.7. The Labute approximate surface area is 120 Å². The lowest BCUT2D eigenvalue weighted by Crippen LogP contribution is -2.41. The molecule has 0 bridgehead atoms. The maximum atomic E-state index is 4.81. The number of thioether (sulfide) groups is 1. The molecule has 96 valence electrons. The van der Waals surface area contributed by atoms with Gasteiger partial charge in [0.1, 0.15) is 5.65 Å². The second kappa shape index (κ2) is 5.13. The van der Waals surface area contributed by atoms with Gasteiger partial charge in [-0.1, -0.05) is 22.0 Å². The average Bonchev–Trinajstić information content (AvgIpc) is 2.77. The van der Waals surface area contributed by atoms with Crippen LogP contribution in [-0.4, -0.2) is 33.5 Å². The third-order valence-corrected chi connectivity index (χ3v) is 5.09. The number of hydrogen-bond donors (Lipinski definition) is 0. The van der Waals surface area contributed by atoms with E-state index in [9.17, 15) is 0 Å². The molecule has 5 heteroatoms. The smallest absolute Gasteiger partial charge is 0.152 e. The maximum absolute atomic E-state index is 4.81. The first-order chi connectivity index (χ1) is 8.81. The van der Waals surface area contributed by atoms with Gasteiger partial charge < -0.3 is 9.30 Å². The lowest BCUT2D eigenvalue weighted by molar-refractivity contribution is 0.689. The minimum absolute atomic E-state index is 0.562. The van der Waals surface area contributed by atoms with Crippen molar-refractivity contribution >= 4 is 39.2 Å². The summed E-state index contributed by atoms with van der Waals surface area (Å²) in [5, 5.41) is 0.837. The Kier molecular flexibility index (Phi) is 3.52. The summed E-state index contributed by atoms with van der Waals surface area (Å²) >= 11 is 5.64. The number of rotatable bonds is 2. The van der Waals surface area contributed by atoms with E-state index in [2.05, 4.69) is 50.5 Å². The Balaban J connectivity index is 2.10. The molecule has 0 amide bonds. The summed E-state index contributed by atoms with van der Waals surface area (Å²) in [5.74, 6) is 3.53. The molecule has 3 heterocycles. The summed E-state index contributed by atoms with van der Waals surface area (Å²) in [6, 6.07) is 6.73. The molecule has 0 aromatic carbocycles. The van der Waals surface area contributed by atoms with Crippen LogP contribution in [-0.2, 0) is 5.33 Å². The summed E-state index contributed by atoms with van der Waals surface area (Å²) in [7, 11) is 0. The van der Waals surface area contributed by atoms with E-state index >= 15 is 0 Å². The SMILES string of the molecule is CC1CSCCN1c1nc2ccccn2c1CBr. The molecule has 0 spiro atoms. The van der Waals surface area contributed by atoms with Crippen LogP contribution < -0.4 is 4.90 Å². The van der Waals surface area contributed by atoms with Crippen molar-refractivity contribution in [2.75, 3.05) is 23.0 Å². The highest BCUT2D eigenvalue weighted by molar-refractivity contribution is 9.08. The fraction of sp³-hybridized carbons (Fsp3) is 0.462. The van der Waals surface area contributed by atoms with E-state index < -0.39 is 0 Å². The van der Waals surface area contributed by atoms with E-state index in [4.69, 9.17) is 4.98 Å². The predicted octanol–water partition coefficient (Wildman–Crippen LogP) is 3.17. The summed E-state index contributed by atoms with van der Waals surface area (Å²) in [6.07, 6.45) is 2.09. The molecule has 0 N–H and O–H groups in total. The zero-order valence-electron chi connectivity index (χ0n) is 10.3. The number of aromatic nitrogens is 2. The second-order valence-corrected chi connectivity index (χ2v) is 6.27. The highest BCUT2D eigenvalue weighted by Gasteiger charge is 2.24. The first kappa shape index (κ1) is 12.4. The zero-order chi connectivity index (χ0) is 12.5. The van der Waals surface area contributed by atoms with Crippen LogP contribution in [0.4, 0.5) is 5.82 Å². The first-order valence-corrected chi connectivity index (χ1v) is 8.45. The molecule has 2 aromatic heterocycles. The minimum Gasteiger partial charge on any atom is -0.351 e. The summed E-state index contributed by atoms with van der Waals surface area (Å²) in [5.41, 5.74) is 2.29. The molecule has 1 atom stereocenters. The summed E-state index contributed by atoms with van der Waals surface area (Å²) in [6.45, 7) is 3.38. The molecule has 1 aliphatic rings. The molecule has 3 rings (SSSR count). The fourth-order valence-electron chi connectivity index (χ4n) is 2.43. The average molecular weight is 326 g/mol. The number of pyridine rings is 1.